The summed E-state index contributed by atoms with van der Waals surface area (Å²) >= 11 is 0. The first-order valence-electron chi connectivity index (χ1n) is 9.52. The molecule has 0 heterocycles. The summed E-state index contributed by atoms with van der Waals surface area (Å²) in [6, 6.07) is 22.5. The molecule has 31 heavy (non-hydrogen) atoms. The molecule has 1 amide bonds. The van der Waals surface area contributed by atoms with E-state index in [1.54, 1.807) is 48.5 Å². The molecule has 3 aromatic carbocycles. The second kappa shape index (κ2) is 10.6. The Morgan fingerprint density at radius 1 is 0.742 bits per heavy atom. The predicted octanol–water partition coefficient (Wildman–Crippen LogP) is 4.24. The van der Waals surface area contributed by atoms with Crippen LogP contribution in [0, 0.1) is 0 Å². The zero-order valence-corrected chi connectivity index (χ0v) is 16.9. The average Bonchev–Trinajstić information content (AvgIpc) is 2.78. The van der Waals surface area contributed by atoms with Crippen LogP contribution in [0.1, 0.15) is 17.3 Å². The topological polar surface area (TPSA) is 90.9 Å². The van der Waals surface area contributed by atoms with Crippen molar-refractivity contribution in [1.82, 2.24) is 0 Å². The van der Waals surface area contributed by atoms with Crippen LogP contribution in [0.15, 0.2) is 78.9 Å². The maximum Gasteiger partial charge on any atom is 0.344 e. The molecule has 158 valence electrons. The van der Waals surface area contributed by atoms with E-state index < -0.39 is 18.5 Å². The molecule has 0 bridgehead atoms. The third kappa shape index (κ3) is 7.01. The van der Waals surface area contributed by atoms with Gasteiger partial charge in [0.15, 0.2) is 19.0 Å². The van der Waals surface area contributed by atoms with Crippen LogP contribution in [0.2, 0.25) is 0 Å². The lowest BCUT2D eigenvalue weighted by Gasteiger charge is -2.09. The third-order valence-electron chi connectivity index (χ3n) is 4.10. The molecule has 0 atom stereocenters. The first kappa shape index (κ1) is 21.6. The summed E-state index contributed by atoms with van der Waals surface area (Å²) in [5.41, 5.74) is 1.09. The van der Waals surface area contributed by atoms with Gasteiger partial charge >= 0.3 is 5.97 Å². The van der Waals surface area contributed by atoms with E-state index in [1.807, 2.05) is 30.3 Å². The van der Waals surface area contributed by atoms with Crippen LogP contribution in [0.4, 0.5) is 5.69 Å². The van der Waals surface area contributed by atoms with Crippen molar-refractivity contribution in [2.45, 2.75) is 6.92 Å². The number of para-hydroxylation sites is 1. The van der Waals surface area contributed by atoms with Gasteiger partial charge in [-0.3, -0.25) is 9.59 Å². The van der Waals surface area contributed by atoms with Crippen molar-refractivity contribution < 1.29 is 28.6 Å². The van der Waals surface area contributed by atoms with Crippen molar-refractivity contribution in [3.8, 4) is 17.2 Å². The number of ketones is 1. The Labute approximate surface area is 179 Å². The molecule has 0 aliphatic heterocycles. The summed E-state index contributed by atoms with van der Waals surface area (Å²) in [7, 11) is 0. The maximum absolute atomic E-state index is 12.0. The van der Waals surface area contributed by atoms with Crippen molar-refractivity contribution >= 4 is 23.3 Å². The van der Waals surface area contributed by atoms with Crippen LogP contribution in [-0.4, -0.2) is 30.9 Å². The molecular formula is C24H21NO6. The summed E-state index contributed by atoms with van der Waals surface area (Å²) < 4.78 is 15.9. The van der Waals surface area contributed by atoms with Crippen molar-refractivity contribution in [2.24, 2.45) is 0 Å². The van der Waals surface area contributed by atoms with Crippen LogP contribution in [0.25, 0.3) is 0 Å². The molecule has 0 fully saturated rings. The lowest BCUT2D eigenvalue weighted by atomic mass is 10.1. The van der Waals surface area contributed by atoms with E-state index in [9.17, 15) is 14.4 Å². The predicted molar refractivity (Wildman–Crippen MR) is 114 cm³/mol. The molecule has 0 aromatic heterocycles. The monoisotopic (exact) mass is 419 g/mol. The molecule has 0 radical (unpaired) electrons. The second-order valence-corrected chi connectivity index (χ2v) is 6.52. The molecule has 0 saturated heterocycles. The number of nitrogens with one attached hydrogen (secondary N) is 1. The lowest BCUT2D eigenvalue weighted by Crippen LogP contribution is -2.23. The Morgan fingerprint density at radius 3 is 2.00 bits per heavy atom. The summed E-state index contributed by atoms with van der Waals surface area (Å²) in [4.78, 5) is 35.0. The number of carbonyl (C=O) groups excluding carboxylic acids is 3. The summed E-state index contributed by atoms with van der Waals surface area (Å²) in [5.74, 6) is 0.542. The maximum atomic E-state index is 12.0. The third-order valence-corrected chi connectivity index (χ3v) is 4.10. The van der Waals surface area contributed by atoms with Gasteiger partial charge in [-0.25, -0.2) is 4.79 Å². The first-order valence-corrected chi connectivity index (χ1v) is 9.52. The number of ether oxygens (including phenoxy) is 3. The molecule has 0 spiro atoms. The fourth-order valence-corrected chi connectivity index (χ4v) is 2.54. The molecule has 7 heteroatoms. The van der Waals surface area contributed by atoms with Crippen LogP contribution >= 0.6 is 0 Å². The van der Waals surface area contributed by atoms with E-state index in [-0.39, 0.29) is 12.4 Å². The van der Waals surface area contributed by atoms with Gasteiger partial charge in [-0.1, -0.05) is 18.2 Å². The molecule has 0 aliphatic carbocycles. The van der Waals surface area contributed by atoms with Gasteiger partial charge in [0, 0.05) is 11.3 Å². The average molecular weight is 419 g/mol. The highest BCUT2D eigenvalue weighted by molar-refractivity contribution is 5.94. The van der Waals surface area contributed by atoms with Crippen LogP contribution in [-0.2, 0) is 14.3 Å². The minimum Gasteiger partial charge on any atom is -0.482 e. The van der Waals surface area contributed by atoms with Gasteiger partial charge in [0.1, 0.15) is 17.2 Å². The summed E-state index contributed by atoms with van der Waals surface area (Å²) in [5, 5.41) is 2.63. The summed E-state index contributed by atoms with van der Waals surface area (Å²) in [6.07, 6.45) is 0. The van der Waals surface area contributed by atoms with Crippen LogP contribution in [0.3, 0.4) is 0 Å². The highest BCUT2D eigenvalue weighted by atomic mass is 16.6. The van der Waals surface area contributed by atoms with Crippen LogP contribution in [0.5, 0.6) is 17.2 Å². The Balaban J connectivity index is 1.39. The number of anilines is 1. The standard InChI is InChI=1S/C24H21NO6/c1-17(26)18-7-11-20(12-8-18)29-16-24(28)30-15-23(27)25-19-9-13-22(14-10-19)31-21-5-3-2-4-6-21/h2-14H,15-16H2,1H3,(H,25,27). The molecule has 3 rings (SSSR count). The fourth-order valence-electron chi connectivity index (χ4n) is 2.54. The molecular weight excluding hydrogens is 398 g/mol. The molecule has 7 nitrogen and oxygen atoms in total. The molecule has 0 unspecified atom stereocenters. The van der Waals surface area contributed by atoms with E-state index in [2.05, 4.69) is 5.32 Å². The number of esters is 1. The number of hydrogen-bond acceptors (Lipinski definition) is 6. The van der Waals surface area contributed by atoms with E-state index in [1.165, 1.54) is 6.92 Å². The normalized spacial score (nSPS) is 10.1. The zero-order valence-electron chi connectivity index (χ0n) is 16.9. The van der Waals surface area contributed by atoms with Crippen molar-refractivity contribution in [3.05, 3.63) is 84.4 Å². The SMILES string of the molecule is CC(=O)c1ccc(OCC(=O)OCC(=O)Nc2ccc(Oc3ccccc3)cc2)cc1. The van der Waals surface area contributed by atoms with E-state index in [4.69, 9.17) is 14.2 Å². The number of rotatable bonds is 9. The summed E-state index contributed by atoms with van der Waals surface area (Å²) in [6.45, 7) is 0.678. The number of amides is 1. The number of carbonyl (C=O) groups is 3. The second-order valence-electron chi connectivity index (χ2n) is 6.52. The van der Waals surface area contributed by atoms with Crippen molar-refractivity contribution in [2.75, 3.05) is 18.5 Å². The van der Waals surface area contributed by atoms with Gasteiger partial charge in [0.25, 0.3) is 5.91 Å². The lowest BCUT2D eigenvalue weighted by molar-refractivity contribution is -0.149. The Morgan fingerprint density at radius 2 is 1.35 bits per heavy atom. The molecule has 0 aliphatic rings. The molecule has 3 aromatic rings. The smallest absolute Gasteiger partial charge is 0.344 e. The van der Waals surface area contributed by atoms with Gasteiger partial charge < -0.3 is 19.5 Å². The van der Waals surface area contributed by atoms with E-state index >= 15 is 0 Å². The van der Waals surface area contributed by atoms with Gasteiger partial charge in [-0.05, 0) is 67.6 Å². The molecule has 1 N–H and O–H groups in total. The van der Waals surface area contributed by atoms with Gasteiger partial charge in [-0.2, -0.15) is 0 Å². The largest absolute Gasteiger partial charge is 0.482 e. The Kier molecular flexibility index (Phi) is 7.37. The van der Waals surface area contributed by atoms with E-state index in [0.717, 1.165) is 0 Å². The minimum absolute atomic E-state index is 0.0599. The van der Waals surface area contributed by atoms with E-state index in [0.29, 0.717) is 28.5 Å². The number of Topliss-reactive ketones (excluding diaryl/α,β-unsaturated/α-hetero) is 1. The number of benzene rings is 3. The Hall–Kier alpha value is -4.13. The van der Waals surface area contributed by atoms with Crippen molar-refractivity contribution in [1.29, 1.82) is 0 Å². The highest BCUT2D eigenvalue weighted by Crippen LogP contribution is 2.22. The quantitative estimate of drug-likeness (QED) is 0.412. The van der Waals surface area contributed by atoms with Crippen LogP contribution < -0.4 is 14.8 Å². The molecule has 0 saturated carbocycles. The zero-order chi connectivity index (χ0) is 22.1. The first-order chi connectivity index (χ1) is 15.0. The highest BCUT2D eigenvalue weighted by Gasteiger charge is 2.09. The number of hydrogen-bond donors (Lipinski definition) is 1. The van der Waals surface area contributed by atoms with Gasteiger partial charge in [-0.15, -0.1) is 0 Å². The fraction of sp³-hybridized carbons (Fsp3) is 0.125. The van der Waals surface area contributed by atoms with Crippen molar-refractivity contribution in [3.63, 3.8) is 0 Å². The van der Waals surface area contributed by atoms with Gasteiger partial charge in [0.2, 0.25) is 0 Å². The van der Waals surface area contributed by atoms with Gasteiger partial charge in [0.05, 0.1) is 0 Å². The Bertz CT molecular complexity index is 1030. The minimum atomic E-state index is -0.683.